The van der Waals surface area contributed by atoms with E-state index in [1.165, 1.54) is 5.56 Å². The monoisotopic (exact) mass is 299 g/mol. The van der Waals surface area contributed by atoms with Crippen molar-refractivity contribution in [1.29, 1.82) is 0 Å². The molecule has 0 spiro atoms. The van der Waals surface area contributed by atoms with E-state index in [9.17, 15) is 0 Å². The topological polar surface area (TPSA) is 30.5 Å². The molecule has 2 rings (SSSR count). The molecule has 0 saturated heterocycles. The molecule has 0 atom stereocenters. The third-order valence-electron chi connectivity index (χ3n) is 3.17. The quantitative estimate of drug-likeness (QED) is 0.764. The predicted molar refractivity (Wildman–Crippen MR) is 91.7 cm³/mol. The molecule has 0 aliphatic rings. The molecule has 3 nitrogen and oxygen atoms in total. The molecule has 2 aromatic carbocycles. The molecule has 0 radical (unpaired) electrons. The van der Waals surface area contributed by atoms with E-state index in [-0.39, 0.29) is 0 Å². The van der Waals surface area contributed by atoms with Gasteiger partial charge in [-0.25, -0.2) is 0 Å². The molecule has 0 heterocycles. The molecule has 0 aliphatic carbocycles. The van der Waals surface area contributed by atoms with Crippen LogP contribution in [0.25, 0.3) is 0 Å². The van der Waals surface area contributed by atoms with Crippen LogP contribution in [-0.2, 0) is 6.54 Å². The van der Waals surface area contributed by atoms with Crippen molar-refractivity contribution in [3.63, 3.8) is 0 Å². The van der Waals surface area contributed by atoms with Gasteiger partial charge in [-0.2, -0.15) is 0 Å². The fourth-order valence-corrected chi connectivity index (χ4v) is 2.01. The van der Waals surface area contributed by atoms with E-state index in [1.54, 1.807) is 0 Å². The van der Waals surface area contributed by atoms with Gasteiger partial charge < -0.3 is 14.8 Å². The SMILES string of the molecule is CCOc1ccc(CNc2ccc(OCC(C)C)cc2)cc1. The van der Waals surface area contributed by atoms with Gasteiger partial charge in [0.2, 0.25) is 0 Å². The van der Waals surface area contributed by atoms with E-state index in [4.69, 9.17) is 9.47 Å². The van der Waals surface area contributed by atoms with Gasteiger partial charge in [0.15, 0.2) is 0 Å². The Morgan fingerprint density at radius 3 is 2.05 bits per heavy atom. The minimum atomic E-state index is 0.539. The normalized spacial score (nSPS) is 10.5. The second-order valence-electron chi connectivity index (χ2n) is 5.66. The van der Waals surface area contributed by atoms with Crippen molar-refractivity contribution in [2.75, 3.05) is 18.5 Å². The van der Waals surface area contributed by atoms with Gasteiger partial charge in [-0.1, -0.05) is 26.0 Å². The summed E-state index contributed by atoms with van der Waals surface area (Å²) >= 11 is 0. The fraction of sp³-hybridized carbons (Fsp3) is 0.368. The molecule has 1 N–H and O–H groups in total. The van der Waals surface area contributed by atoms with Crippen LogP contribution in [0.2, 0.25) is 0 Å². The maximum Gasteiger partial charge on any atom is 0.119 e. The second-order valence-corrected chi connectivity index (χ2v) is 5.66. The number of rotatable bonds is 8. The highest BCUT2D eigenvalue weighted by molar-refractivity contribution is 5.47. The summed E-state index contributed by atoms with van der Waals surface area (Å²) in [6.07, 6.45) is 0. The Balaban J connectivity index is 1.83. The maximum absolute atomic E-state index is 5.68. The third-order valence-corrected chi connectivity index (χ3v) is 3.17. The van der Waals surface area contributed by atoms with E-state index >= 15 is 0 Å². The summed E-state index contributed by atoms with van der Waals surface area (Å²) in [5.41, 5.74) is 2.31. The van der Waals surface area contributed by atoms with Crippen molar-refractivity contribution in [2.24, 2.45) is 5.92 Å². The summed E-state index contributed by atoms with van der Waals surface area (Å²) in [6, 6.07) is 16.3. The van der Waals surface area contributed by atoms with E-state index in [0.29, 0.717) is 12.5 Å². The van der Waals surface area contributed by atoms with E-state index in [2.05, 4.69) is 31.3 Å². The zero-order chi connectivity index (χ0) is 15.8. The summed E-state index contributed by atoms with van der Waals surface area (Å²) in [4.78, 5) is 0. The van der Waals surface area contributed by atoms with Crippen LogP contribution in [-0.4, -0.2) is 13.2 Å². The van der Waals surface area contributed by atoms with Gasteiger partial charge in [0.1, 0.15) is 11.5 Å². The summed E-state index contributed by atoms with van der Waals surface area (Å²) in [7, 11) is 0. The van der Waals surface area contributed by atoms with Crippen LogP contribution in [0.4, 0.5) is 5.69 Å². The van der Waals surface area contributed by atoms with Crippen LogP contribution in [0, 0.1) is 5.92 Å². The Hall–Kier alpha value is -2.16. The largest absolute Gasteiger partial charge is 0.494 e. The molecule has 0 aromatic heterocycles. The molecular formula is C19H25NO2. The number of benzene rings is 2. The minimum Gasteiger partial charge on any atom is -0.494 e. The lowest BCUT2D eigenvalue weighted by atomic mass is 10.2. The second kappa shape index (κ2) is 8.32. The molecule has 22 heavy (non-hydrogen) atoms. The molecule has 0 fully saturated rings. The zero-order valence-electron chi connectivity index (χ0n) is 13.6. The van der Waals surface area contributed by atoms with Gasteiger partial charge in [-0.15, -0.1) is 0 Å². The Morgan fingerprint density at radius 1 is 0.864 bits per heavy atom. The van der Waals surface area contributed by atoms with Gasteiger partial charge >= 0.3 is 0 Å². The van der Waals surface area contributed by atoms with Gasteiger partial charge in [0.25, 0.3) is 0 Å². The summed E-state index contributed by atoms with van der Waals surface area (Å²) < 4.78 is 11.1. The van der Waals surface area contributed by atoms with E-state index < -0.39 is 0 Å². The molecular weight excluding hydrogens is 274 g/mol. The van der Waals surface area contributed by atoms with Crippen molar-refractivity contribution in [1.82, 2.24) is 0 Å². The molecule has 0 unspecified atom stereocenters. The summed E-state index contributed by atoms with van der Waals surface area (Å²) in [5.74, 6) is 2.37. The Bertz CT molecular complexity index is 547. The first-order chi connectivity index (χ1) is 10.7. The standard InChI is InChI=1S/C19H25NO2/c1-4-21-18-9-5-16(6-10-18)13-20-17-7-11-19(12-8-17)22-14-15(2)3/h5-12,15,20H,4,13-14H2,1-3H3. The van der Waals surface area contributed by atoms with Gasteiger partial charge in [0.05, 0.1) is 13.2 Å². The molecule has 2 aromatic rings. The molecule has 0 amide bonds. The lowest BCUT2D eigenvalue weighted by Crippen LogP contribution is -2.04. The fourth-order valence-electron chi connectivity index (χ4n) is 2.01. The average molecular weight is 299 g/mol. The van der Waals surface area contributed by atoms with Crippen molar-refractivity contribution < 1.29 is 9.47 Å². The lowest BCUT2D eigenvalue weighted by Gasteiger charge is -2.11. The van der Waals surface area contributed by atoms with Crippen LogP contribution in [0.1, 0.15) is 26.3 Å². The van der Waals surface area contributed by atoms with Crippen LogP contribution >= 0.6 is 0 Å². The lowest BCUT2D eigenvalue weighted by molar-refractivity contribution is 0.271. The van der Waals surface area contributed by atoms with Crippen molar-refractivity contribution in [2.45, 2.75) is 27.3 Å². The Labute approximate surface area is 133 Å². The van der Waals surface area contributed by atoms with E-state index in [1.807, 2.05) is 43.3 Å². The van der Waals surface area contributed by atoms with Crippen molar-refractivity contribution in [3.8, 4) is 11.5 Å². The highest BCUT2D eigenvalue weighted by atomic mass is 16.5. The molecule has 0 aliphatic heterocycles. The van der Waals surface area contributed by atoms with Crippen LogP contribution in [0.5, 0.6) is 11.5 Å². The third kappa shape index (κ3) is 5.32. The number of hydrogen-bond acceptors (Lipinski definition) is 3. The van der Waals surface area contributed by atoms with Crippen LogP contribution in [0.3, 0.4) is 0 Å². The molecule has 3 heteroatoms. The van der Waals surface area contributed by atoms with Crippen LogP contribution in [0.15, 0.2) is 48.5 Å². The molecule has 118 valence electrons. The minimum absolute atomic E-state index is 0.539. The summed E-state index contributed by atoms with van der Waals surface area (Å²) in [6.45, 7) is 8.52. The van der Waals surface area contributed by atoms with E-state index in [0.717, 1.165) is 30.3 Å². The maximum atomic E-state index is 5.68. The van der Waals surface area contributed by atoms with Crippen molar-refractivity contribution in [3.05, 3.63) is 54.1 Å². The first kappa shape index (κ1) is 16.2. The highest BCUT2D eigenvalue weighted by Gasteiger charge is 1.99. The van der Waals surface area contributed by atoms with Gasteiger partial charge in [0, 0.05) is 12.2 Å². The number of hydrogen-bond donors (Lipinski definition) is 1. The van der Waals surface area contributed by atoms with Crippen LogP contribution < -0.4 is 14.8 Å². The van der Waals surface area contributed by atoms with Gasteiger partial charge in [-0.3, -0.25) is 0 Å². The number of anilines is 1. The summed E-state index contributed by atoms with van der Waals surface area (Å²) in [5, 5.41) is 3.41. The first-order valence-corrected chi connectivity index (χ1v) is 7.86. The van der Waals surface area contributed by atoms with Crippen molar-refractivity contribution >= 4 is 5.69 Å². The number of nitrogens with one attached hydrogen (secondary N) is 1. The average Bonchev–Trinajstić information content (AvgIpc) is 2.53. The Morgan fingerprint density at radius 2 is 1.45 bits per heavy atom. The Kier molecular flexibility index (Phi) is 6.13. The number of ether oxygens (including phenoxy) is 2. The first-order valence-electron chi connectivity index (χ1n) is 7.86. The molecule has 0 bridgehead atoms. The predicted octanol–water partition coefficient (Wildman–Crippen LogP) is 4.73. The zero-order valence-corrected chi connectivity index (χ0v) is 13.6. The molecule has 0 saturated carbocycles. The smallest absolute Gasteiger partial charge is 0.119 e. The highest BCUT2D eigenvalue weighted by Crippen LogP contribution is 2.18. The van der Waals surface area contributed by atoms with Gasteiger partial charge in [-0.05, 0) is 54.8 Å².